The Kier molecular flexibility index (Phi) is 3.68. The first-order valence-corrected chi connectivity index (χ1v) is 6.63. The third-order valence-electron chi connectivity index (χ3n) is 3.09. The van der Waals surface area contributed by atoms with Crippen LogP contribution >= 0.6 is 0 Å². The first kappa shape index (κ1) is 13.4. The molecule has 3 rings (SSSR count). The lowest BCUT2D eigenvalue weighted by atomic mass is 10.2. The van der Waals surface area contributed by atoms with E-state index in [1.807, 2.05) is 17.9 Å². The van der Waals surface area contributed by atoms with Gasteiger partial charge in [0.2, 0.25) is 11.7 Å². The van der Waals surface area contributed by atoms with Crippen molar-refractivity contribution in [2.75, 3.05) is 11.4 Å². The highest BCUT2D eigenvalue weighted by atomic mass is 19.1. The van der Waals surface area contributed by atoms with Gasteiger partial charge in [0.1, 0.15) is 5.82 Å². The molecular formula is C15H14FN3O2. The summed E-state index contributed by atoms with van der Waals surface area (Å²) in [4.78, 5) is 6.23. The lowest BCUT2D eigenvalue weighted by Gasteiger charge is -2.20. The molecule has 0 aliphatic rings. The summed E-state index contributed by atoms with van der Waals surface area (Å²) in [6, 6.07) is 9.94. The number of benzene rings is 1. The van der Waals surface area contributed by atoms with Crippen molar-refractivity contribution in [3.05, 3.63) is 54.4 Å². The van der Waals surface area contributed by atoms with Crippen LogP contribution in [0.2, 0.25) is 0 Å². The van der Waals surface area contributed by atoms with Gasteiger partial charge in [-0.25, -0.2) is 4.39 Å². The van der Waals surface area contributed by atoms with Gasteiger partial charge >= 0.3 is 0 Å². The fourth-order valence-corrected chi connectivity index (χ4v) is 2.05. The fraction of sp³-hybridized carbons (Fsp3) is 0.200. The van der Waals surface area contributed by atoms with E-state index in [4.69, 9.17) is 8.94 Å². The summed E-state index contributed by atoms with van der Waals surface area (Å²) in [5.74, 6) is 1.14. The van der Waals surface area contributed by atoms with Crippen LogP contribution < -0.4 is 4.90 Å². The lowest BCUT2D eigenvalue weighted by Crippen LogP contribution is -2.22. The highest BCUT2D eigenvalue weighted by Crippen LogP contribution is 2.20. The second-order valence-corrected chi connectivity index (χ2v) is 4.48. The highest BCUT2D eigenvalue weighted by molar-refractivity contribution is 5.47. The van der Waals surface area contributed by atoms with Gasteiger partial charge in [-0.05, 0) is 37.3 Å². The van der Waals surface area contributed by atoms with E-state index >= 15 is 0 Å². The first-order valence-electron chi connectivity index (χ1n) is 6.63. The van der Waals surface area contributed by atoms with E-state index in [1.165, 1.54) is 12.1 Å². The molecular weight excluding hydrogens is 273 g/mol. The molecule has 0 amide bonds. The van der Waals surface area contributed by atoms with E-state index in [1.54, 1.807) is 24.5 Å². The van der Waals surface area contributed by atoms with Gasteiger partial charge in [-0.2, -0.15) is 4.98 Å². The summed E-state index contributed by atoms with van der Waals surface area (Å²) >= 11 is 0. The molecule has 6 heteroatoms. The standard InChI is InChI=1S/C15H14FN3O2/c1-2-19(12-6-3-5-11(16)9-12)10-14-17-15(18-21-14)13-7-4-8-20-13/h3-9H,2,10H2,1H3. The Labute approximate surface area is 121 Å². The van der Waals surface area contributed by atoms with Crippen LogP contribution in [0.4, 0.5) is 10.1 Å². The zero-order chi connectivity index (χ0) is 14.7. The minimum absolute atomic E-state index is 0.271. The topological polar surface area (TPSA) is 55.3 Å². The van der Waals surface area contributed by atoms with Crippen LogP contribution in [0.3, 0.4) is 0 Å². The minimum Gasteiger partial charge on any atom is -0.461 e. The number of nitrogens with zero attached hydrogens (tertiary/aromatic N) is 3. The van der Waals surface area contributed by atoms with Gasteiger partial charge in [0.25, 0.3) is 0 Å². The van der Waals surface area contributed by atoms with Crippen molar-refractivity contribution in [3.8, 4) is 11.6 Å². The van der Waals surface area contributed by atoms with Gasteiger partial charge in [-0.3, -0.25) is 0 Å². The van der Waals surface area contributed by atoms with E-state index in [9.17, 15) is 4.39 Å². The third kappa shape index (κ3) is 2.94. The van der Waals surface area contributed by atoms with Gasteiger partial charge in [-0.15, -0.1) is 0 Å². The Hall–Kier alpha value is -2.63. The summed E-state index contributed by atoms with van der Waals surface area (Å²) in [6.07, 6.45) is 1.55. The third-order valence-corrected chi connectivity index (χ3v) is 3.09. The largest absolute Gasteiger partial charge is 0.461 e. The average molecular weight is 287 g/mol. The minimum atomic E-state index is -0.271. The van der Waals surface area contributed by atoms with Crippen LogP contribution in [0.1, 0.15) is 12.8 Å². The summed E-state index contributed by atoms with van der Waals surface area (Å²) in [7, 11) is 0. The molecule has 0 aliphatic heterocycles. The van der Waals surface area contributed by atoms with Crippen LogP contribution in [0.15, 0.2) is 51.6 Å². The zero-order valence-corrected chi connectivity index (χ0v) is 11.5. The Bertz CT molecular complexity index is 709. The molecule has 5 nitrogen and oxygen atoms in total. The molecule has 0 unspecified atom stereocenters. The second kappa shape index (κ2) is 5.78. The SMILES string of the molecule is CCN(Cc1nc(-c2ccco2)no1)c1cccc(F)c1. The molecule has 0 spiro atoms. The first-order chi connectivity index (χ1) is 10.3. The van der Waals surface area contributed by atoms with Crippen molar-refractivity contribution in [2.24, 2.45) is 0 Å². The molecule has 0 atom stereocenters. The normalized spacial score (nSPS) is 10.8. The molecule has 2 aromatic heterocycles. The number of aromatic nitrogens is 2. The maximum atomic E-state index is 13.3. The molecule has 108 valence electrons. The van der Waals surface area contributed by atoms with Gasteiger partial charge in [0, 0.05) is 12.2 Å². The van der Waals surface area contributed by atoms with Gasteiger partial charge < -0.3 is 13.8 Å². The maximum Gasteiger partial charge on any atom is 0.246 e. The van der Waals surface area contributed by atoms with Gasteiger partial charge in [0.05, 0.1) is 12.8 Å². The predicted molar refractivity (Wildman–Crippen MR) is 75.1 cm³/mol. The summed E-state index contributed by atoms with van der Waals surface area (Å²) < 4.78 is 23.7. The highest BCUT2D eigenvalue weighted by Gasteiger charge is 2.14. The average Bonchev–Trinajstić information content (AvgIpc) is 3.15. The molecule has 0 fully saturated rings. The molecule has 2 heterocycles. The number of halogens is 1. The van der Waals surface area contributed by atoms with Crippen molar-refractivity contribution in [1.82, 2.24) is 10.1 Å². The van der Waals surface area contributed by atoms with E-state index in [-0.39, 0.29) is 5.82 Å². The quantitative estimate of drug-likeness (QED) is 0.719. The molecule has 1 aromatic carbocycles. The van der Waals surface area contributed by atoms with E-state index in [2.05, 4.69) is 10.1 Å². The Morgan fingerprint density at radius 2 is 2.14 bits per heavy atom. The molecule has 3 aromatic rings. The van der Waals surface area contributed by atoms with Crippen LogP contribution in [0.25, 0.3) is 11.6 Å². The molecule has 0 saturated heterocycles. The molecule has 0 aliphatic carbocycles. The molecule has 0 saturated carbocycles. The number of anilines is 1. The van der Waals surface area contributed by atoms with E-state index in [0.717, 1.165) is 5.69 Å². The van der Waals surface area contributed by atoms with Crippen molar-refractivity contribution in [3.63, 3.8) is 0 Å². The van der Waals surface area contributed by atoms with E-state index < -0.39 is 0 Å². The Morgan fingerprint density at radius 1 is 1.24 bits per heavy atom. The Balaban J connectivity index is 1.78. The molecule has 0 N–H and O–H groups in total. The van der Waals surface area contributed by atoms with Crippen LogP contribution in [0, 0.1) is 5.82 Å². The molecule has 0 bridgehead atoms. The smallest absolute Gasteiger partial charge is 0.246 e. The van der Waals surface area contributed by atoms with Gasteiger partial charge in [-0.1, -0.05) is 11.2 Å². The number of hydrogen-bond donors (Lipinski definition) is 0. The van der Waals surface area contributed by atoms with Crippen LogP contribution in [-0.4, -0.2) is 16.7 Å². The van der Waals surface area contributed by atoms with Crippen molar-refractivity contribution >= 4 is 5.69 Å². The van der Waals surface area contributed by atoms with Gasteiger partial charge in [0.15, 0.2) is 5.76 Å². The number of rotatable bonds is 5. The predicted octanol–water partition coefficient (Wildman–Crippen LogP) is 3.50. The second-order valence-electron chi connectivity index (χ2n) is 4.48. The number of furan rings is 1. The van der Waals surface area contributed by atoms with Crippen molar-refractivity contribution < 1.29 is 13.3 Å². The van der Waals surface area contributed by atoms with E-state index in [0.29, 0.717) is 30.6 Å². The Morgan fingerprint density at radius 3 is 2.86 bits per heavy atom. The van der Waals surface area contributed by atoms with Crippen LogP contribution in [0.5, 0.6) is 0 Å². The summed E-state index contributed by atoms with van der Waals surface area (Å²) in [5, 5.41) is 3.88. The molecule has 21 heavy (non-hydrogen) atoms. The van der Waals surface area contributed by atoms with Crippen LogP contribution in [-0.2, 0) is 6.54 Å². The maximum absolute atomic E-state index is 13.3. The monoisotopic (exact) mass is 287 g/mol. The zero-order valence-electron chi connectivity index (χ0n) is 11.5. The summed E-state index contributed by atoms with van der Waals surface area (Å²) in [6.45, 7) is 3.09. The van der Waals surface area contributed by atoms with Crippen molar-refractivity contribution in [1.29, 1.82) is 0 Å². The lowest BCUT2D eigenvalue weighted by molar-refractivity contribution is 0.376. The molecule has 0 radical (unpaired) electrons. The number of hydrogen-bond acceptors (Lipinski definition) is 5. The van der Waals surface area contributed by atoms with Crippen molar-refractivity contribution in [2.45, 2.75) is 13.5 Å². The fourth-order valence-electron chi connectivity index (χ4n) is 2.05. The summed E-state index contributed by atoms with van der Waals surface area (Å²) in [5.41, 5.74) is 0.773.